The Morgan fingerprint density at radius 3 is 2.70 bits per heavy atom. The van der Waals surface area contributed by atoms with E-state index < -0.39 is 17.1 Å². The number of fused-ring (bicyclic) bond motifs is 1. The molecule has 0 bridgehead atoms. The second-order valence-electron chi connectivity index (χ2n) is 10.2. The van der Waals surface area contributed by atoms with Crippen molar-refractivity contribution in [1.82, 2.24) is 15.2 Å². The summed E-state index contributed by atoms with van der Waals surface area (Å²) in [7, 11) is 0. The lowest BCUT2D eigenvalue weighted by Crippen LogP contribution is -2.51. The van der Waals surface area contributed by atoms with Crippen LogP contribution < -0.4 is 5.32 Å². The van der Waals surface area contributed by atoms with Gasteiger partial charge in [0.1, 0.15) is 5.60 Å². The Morgan fingerprint density at radius 1 is 1.27 bits per heavy atom. The molecule has 2 aromatic rings. The molecule has 3 unspecified atom stereocenters. The number of imide groups is 1. The van der Waals surface area contributed by atoms with Crippen LogP contribution in [0.2, 0.25) is 0 Å². The summed E-state index contributed by atoms with van der Waals surface area (Å²) in [5.41, 5.74) is 0.604. The van der Waals surface area contributed by atoms with Crippen LogP contribution in [0.3, 0.4) is 0 Å². The first-order valence-electron chi connectivity index (χ1n) is 11.4. The van der Waals surface area contributed by atoms with Gasteiger partial charge in [-0.3, -0.25) is 19.9 Å². The third-order valence-electron chi connectivity index (χ3n) is 6.57. The zero-order valence-electron chi connectivity index (χ0n) is 19.6. The van der Waals surface area contributed by atoms with Gasteiger partial charge in [0.15, 0.2) is 0 Å². The lowest BCUT2D eigenvalue weighted by Gasteiger charge is -2.43. The normalized spacial score (nSPS) is 26.3. The molecule has 0 saturated carbocycles. The summed E-state index contributed by atoms with van der Waals surface area (Å²) in [5.74, 6) is -1.17. The first-order chi connectivity index (χ1) is 15.5. The fraction of sp³-hybridized carbons (Fsp3) is 0.520. The number of hydrogen-bond donors (Lipinski definition) is 2. The van der Waals surface area contributed by atoms with Crippen LogP contribution >= 0.6 is 0 Å². The highest BCUT2D eigenvalue weighted by Gasteiger charge is 2.42. The number of aliphatic hydroxyl groups is 1. The van der Waals surface area contributed by atoms with Crippen molar-refractivity contribution in [2.45, 2.75) is 64.1 Å². The van der Waals surface area contributed by atoms with E-state index in [4.69, 9.17) is 4.74 Å². The molecule has 8 nitrogen and oxygen atoms in total. The molecule has 2 saturated heterocycles. The van der Waals surface area contributed by atoms with E-state index in [0.29, 0.717) is 32.4 Å². The first kappa shape index (κ1) is 23.2. The zero-order chi connectivity index (χ0) is 24.0. The number of carbonyl (C=O) groups excluding carboxylic acids is 3. The molecule has 0 spiro atoms. The number of pyridine rings is 1. The van der Waals surface area contributed by atoms with Gasteiger partial charge in [0, 0.05) is 37.0 Å². The third kappa shape index (κ3) is 4.71. The van der Waals surface area contributed by atoms with Crippen LogP contribution in [0.4, 0.5) is 4.79 Å². The first-order valence-corrected chi connectivity index (χ1v) is 11.4. The number of likely N-dealkylation sites (tertiary alicyclic amines) is 1. The van der Waals surface area contributed by atoms with Crippen LogP contribution in [0.1, 0.15) is 64.0 Å². The average Bonchev–Trinajstić information content (AvgIpc) is 2.73. The molecule has 2 N–H and O–H groups in total. The van der Waals surface area contributed by atoms with Gasteiger partial charge in [-0.15, -0.1) is 0 Å². The SMILES string of the molecule is CC1CN(C(=O)OC(C)(C)C)CCC1(O)c1ccc2ncc(C3CCC(=O)NC3=O)cc2c1. The molecule has 2 fully saturated rings. The number of nitrogens with one attached hydrogen (secondary N) is 1. The summed E-state index contributed by atoms with van der Waals surface area (Å²) in [6.07, 6.45) is 2.46. The number of nitrogens with zero attached hydrogens (tertiary/aromatic N) is 2. The van der Waals surface area contributed by atoms with Crippen LogP contribution in [0.25, 0.3) is 10.9 Å². The van der Waals surface area contributed by atoms with Gasteiger partial charge in [-0.05, 0) is 62.9 Å². The van der Waals surface area contributed by atoms with Crippen molar-refractivity contribution in [1.29, 1.82) is 0 Å². The highest BCUT2D eigenvalue weighted by Crippen LogP contribution is 2.39. The van der Waals surface area contributed by atoms with Gasteiger partial charge in [0.25, 0.3) is 0 Å². The predicted octanol–water partition coefficient (Wildman–Crippen LogP) is 3.22. The average molecular weight is 454 g/mol. The lowest BCUT2D eigenvalue weighted by atomic mass is 9.76. The van der Waals surface area contributed by atoms with Crippen LogP contribution in [-0.4, -0.2) is 51.6 Å². The molecule has 0 aliphatic carbocycles. The minimum Gasteiger partial charge on any atom is -0.444 e. The van der Waals surface area contributed by atoms with Gasteiger partial charge in [-0.25, -0.2) is 4.79 Å². The van der Waals surface area contributed by atoms with Crippen molar-refractivity contribution < 1.29 is 24.2 Å². The number of amides is 3. The predicted molar refractivity (Wildman–Crippen MR) is 122 cm³/mol. The summed E-state index contributed by atoms with van der Waals surface area (Å²) < 4.78 is 5.49. The molecule has 4 rings (SSSR count). The highest BCUT2D eigenvalue weighted by molar-refractivity contribution is 6.01. The Labute approximate surface area is 193 Å². The molecular weight excluding hydrogens is 422 g/mol. The third-order valence-corrected chi connectivity index (χ3v) is 6.57. The summed E-state index contributed by atoms with van der Waals surface area (Å²) in [4.78, 5) is 42.4. The smallest absolute Gasteiger partial charge is 0.410 e. The van der Waals surface area contributed by atoms with Crippen LogP contribution in [-0.2, 0) is 19.9 Å². The largest absolute Gasteiger partial charge is 0.444 e. The maximum Gasteiger partial charge on any atom is 0.410 e. The van der Waals surface area contributed by atoms with Crippen molar-refractivity contribution in [3.8, 4) is 0 Å². The van der Waals surface area contributed by atoms with E-state index in [2.05, 4.69) is 10.3 Å². The zero-order valence-corrected chi connectivity index (χ0v) is 19.6. The molecule has 2 aliphatic rings. The quantitative estimate of drug-likeness (QED) is 0.676. The Bertz CT molecular complexity index is 1110. The Hall–Kier alpha value is -3.00. The van der Waals surface area contributed by atoms with Gasteiger partial charge in [-0.2, -0.15) is 0 Å². The van der Waals surface area contributed by atoms with Crippen molar-refractivity contribution in [3.05, 3.63) is 41.6 Å². The summed E-state index contributed by atoms with van der Waals surface area (Å²) >= 11 is 0. The molecule has 3 amide bonds. The molecule has 2 aliphatic heterocycles. The van der Waals surface area contributed by atoms with E-state index in [1.54, 1.807) is 11.1 Å². The Morgan fingerprint density at radius 2 is 2.03 bits per heavy atom. The van der Waals surface area contributed by atoms with E-state index >= 15 is 0 Å². The van der Waals surface area contributed by atoms with E-state index in [1.807, 2.05) is 52.0 Å². The summed E-state index contributed by atoms with van der Waals surface area (Å²) in [6.45, 7) is 8.21. The van der Waals surface area contributed by atoms with E-state index in [1.165, 1.54) is 0 Å². The maximum atomic E-state index is 12.5. The van der Waals surface area contributed by atoms with Crippen LogP contribution in [0.15, 0.2) is 30.5 Å². The van der Waals surface area contributed by atoms with Crippen molar-refractivity contribution in [2.75, 3.05) is 13.1 Å². The summed E-state index contributed by atoms with van der Waals surface area (Å²) in [6, 6.07) is 7.57. The van der Waals surface area contributed by atoms with Crippen molar-refractivity contribution >= 4 is 28.8 Å². The van der Waals surface area contributed by atoms with E-state index in [0.717, 1.165) is 22.0 Å². The van der Waals surface area contributed by atoms with E-state index in [9.17, 15) is 19.5 Å². The monoisotopic (exact) mass is 453 g/mol. The van der Waals surface area contributed by atoms with E-state index in [-0.39, 0.29) is 23.8 Å². The fourth-order valence-corrected chi connectivity index (χ4v) is 4.67. The number of ether oxygens (including phenoxy) is 1. The van der Waals surface area contributed by atoms with Gasteiger partial charge in [0.2, 0.25) is 11.8 Å². The summed E-state index contributed by atoms with van der Waals surface area (Å²) in [5, 5.41) is 14.8. The minimum atomic E-state index is -1.10. The molecular formula is C25H31N3O5. The standard InChI is InChI=1S/C25H31N3O5/c1-15-14-28(23(31)33-24(2,3)4)10-9-25(15,32)18-5-7-20-16(12-18)11-17(13-26-20)19-6-8-21(29)27-22(19)30/h5,7,11-13,15,19,32H,6,8-10,14H2,1-4H3,(H,27,29,30). The Balaban J connectivity index is 1.57. The van der Waals surface area contributed by atoms with Gasteiger partial charge in [0.05, 0.1) is 17.0 Å². The van der Waals surface area contributed by atoms with Gasteiger partial charge < -0.3 is 14.7 Å². The van der Waals surface area contributed by atoms with Gasteiger partial charge in [-0.1, -0.05) is 13.0 Å². The molecule has 0 radical (unpaired) electrons. The van der Waals surface area contributed by atoms with Gasteiger partial charge >= 0.3 is 6.09 Å². The number of piperidine rings is 2. The maximum absolute atomic E-state index is 12.5. The number of aromatic nitrogens is 1. The molecule has 1 aromatic carbocycles. The second-order valence-corrected chi connectivity index (χ2v) is 10.2. The fourth-order valence-electron chi connectivity index (χ4n) is 4.67. The molecule has 8 heteroatoms. The van der Waals surface area contributed by atoms with Crippen LogP contribution in [0.5, 0.6) is 0 Å². The number of benzene rings is 1. The topological polar surface area (TPSA) is 109 Å². The van der Waals surface area contributed by atoms with Crippen molar-refractivity contribution in [3.63, 3.8) is 0 Å². The lowest BCUT2D eigenvalue weighted by molar-refractivity contribution is -0.134. The van der Waals surface area contributed by atoms with Crippen molar-refractivity contribution in [2.24, 2.45) is 5.92 Å². The molecule has 3 atom stereocenters. The molecule has 1 aromatic heterocycles. The number of hydrogen-bond acceptors (Lipinski definition) is 6. The molecule has 33 heavy (non-hydrogen) atoms. The van der Waals surface area contributed by atoms with Crippen LogP contribution in [0, 0.1) is 5.92 Å². The number of carbonyl (C=O) groups is 3. The Kier molecular flexibility index (Phi) is 5.90. The highest BCUT2D eigenvalue weighted by atomic mass is 16.6. The molecule has 176 valence electrons. The number of rotatable bonds is 2. The second kappa shape index (κ2) is 8.41. The minimum absolute atomic E-state index is 0.206. The molecule has 3 heterocycles.